The highest BCUT2D eigenvalue weighted by atomic mass is 32.2. The zero-order valence-electron chi connectivity index (χ0n) is 12.3. The van der Waals surface area contributed by atoms with Gasteiger partial charge in [-0.1, -0.05) is 12.5 Å². The van der Waals surface area contributed by atoms with Crippen molar-refractivity contribution in [2.24, 2.45) is 0 Å². The van der Waals surface area contributed by atoms with Crippen molar-refractivity contribution in [1.82, 2.24) is 0 Å². The van der Waals surface area contributed by atoms with Crippen molar-refractivity contribution in [3.63, 3.8) is 0 Å². The van der Waals surface area contributed by atoms with E-state index in [-0.39, 0.29) is 5.79 Å². The van der Waals surface area contributed by atoms with Crippen molar-refractivity contribution < 1.29 is 9.47 Å². The summed E-state index contributed by atoms with van der Waals surface area (Å²) in [5.41, 5.74) is 2.66. The van der Waals surface area contributed by atoms with Crippen LogP contribution in [0.15, 0.2) is 18.2 Å². The third-order valence-corrected chi connectivity index (χ3v) is 7.60. The largest absolute Gasteiger partial charge is 0.462 e. The molecular weight excluding hydrogens is 300 g/mol. The van der Waals surface area contributed by atoms with Crippen molar-refractivity contribution in [1.29, 1.82) is 0 Å². The van der Waals surface area contributed by atoms with Gasteiger partial charge in [0, 0.05) is 18.4 Å². The second-order valence-electron chi connectivity index (χ2n) is 6.16. The molecular formula is C17H22O2S2. The number of benzene rings is 1. The van der Waals surface area contributed by atoms with Gasteiger partial charge in [0.25, 0.3) is 0 Å². The lowest BCUT2D eigenvalue weighted by Gasteiger charge is -2.41. The van der Waals surface area contributed by atoms with E-state index in [1.165, 1.54) is 48.3 Å². The van der Waals surface area contributed by atoms with E-state index in [0.29, 0.717) is 11.2 Å². The number of thioether (sulfide) groups is 2. The molecule has 0 aromatic heterocycles. The van der Waals surface area contributed by atoms with Crippen LogP contribution in [0.1, 0.15) is 54.2 Å². The fourth-order valence-corrected chi connectivity index (χ4v) is 6.29. The summed E-state index contributed by atoms with van der Waals surface area (Å²) in [5, 5.41) is 0. The Bertz CT molecular complexity index is 506. The van der Waals surface area contributed by atoms with Gasteiger partial charge in [0.05, 0.1) is 11.2 Å². The lowest BCUT2D eigenvalue weighted by molar-refractivity contribution is -0.222. The Hall–Kier alpha value is -0.320. The van der Waals surface area contributed by atoms with Gasteiger partial charge in [-0.15, -0.1) is 23.5 Å². The Kier molecular flexibility index (Phi) is 4.12. The molecule has 1 aromatic carbocycles. The lowest BCUT2D eigenvalue weighted by Crippen LogP contribution is -2.43. The molecule has 1 spiro atoms. The first-order valence-electron chi connectivity index (χ1n) is 8.04. The maximum absolute atomic E-state index is 6.27. The molecule has 1 saturated carbocycles. The SMILES string of the molecule is c1cc2c(cc1C1SCCCS1)COC1(CCCCC1)O2. The van der Waals surface area contributed by atoms with Crippen molar-refractivity contribution >= 4 is 23.5 Å². The van der Waals surface area contributed by atoms with Crippen LogP contribution in [-0.4, -0.2) is 17.3 Å². The Balaban J connectivity index is 1.54. The third-order valence-electron chi connectivity index (χ3n) is 4.59. The van der Waals surface area contributed by atoms with Crippen LogP contribution in [0.2, 0.25) is 0 Å². The summed E-state index contributed by atoms with van der Waals surface area (Å²) in [6.07, 6.45) is 7.19. The molecule has 2 nitrogen and oxygen atoms in total. The van der Waals surface area contributed by atoms with E-state index < -0.39 is 0 Å². The second-order valence-corrected chi connectivity index (χ2v) is 8.88. The molecule has 0 amide bonds. The molecule has 114 valence electrons. The number of rotatable bonds is 1. The fraction of sp³-hybridized carbons (Fsp3) is 0.647. The minimum absolute atomic E-state index is 0.318. The summed E-state index contributed by atoms with van der Waals surface area (Å²) in [4.78, 5) is 0. The zero-order valence-corrected chi connectivity index (χ0v) is 13.9. The summed E-state index contributed by atoms with van der Waals surface area (Å²) < 4.78 is 13.0. The summed E-state index contributed by atoms with van der Waals surface area (Å²) >= 11 is 4.14. The molecule has 3 aliphatic rings. The molecule has 21 heavy (non-hydrogen) atoms. The maximum atomic E-state index is 6.27. The molecule has 0 radical (unpaired) electrons. The minimum atomic E-state index is -0.318. The van der Waals surface area contributed by atoms with Crippen molar-refractivity contribution in [3.8, 4) is 5.75 Å². The molecule has 0 unspecified atom stereocenters. The summed E-state index contributed by atoms with van der Waals surface area (Å²) in [7, 11) is 0. The molecule has 1 aliphatic carbocycles. The van der Waals surface area contributed by atoms with Crippen molar-refractivity contribution in [2.45, 2.75) is 55.5 Å². The van der Waals surface area contributed by atoms with Crippen LogP contribution in [0.3, 0.4) is 0 Å². The van der Waals surface area contributed by atoms with E-state index in [1.807, 2.05) is 0 Å². The van der Waals surface area contributed by atoms with Gasteiger partial charge >= 0.3 is 0 Å². The number of ether oxygens (including phenoxy) is 2. The lowest BCUT2D eigenvalue weighted by atomic mass is 9.93. The summed E-state index contributed by atoms with van der Waals surface area (Å²) in [5.74, 6) is 3.30. The Labute approximate surface area is 135 Å². The van der Waals surface area contributed by atoms with Crippen LogP contribution in [-0.2, 0) is 11.3 Å². The number of fused-ring (bicyclic) bond motifs is 1. The Morgan fingerprint density at radius 3 is 2.62 bits per heavy atom. The number of hydrogen-bond donors (Lipinski definition) is 0. The topological polar surface area (TPSA) is 18.5 Å². The van der Waals surface area contributed by atoms with Gasteiger partial charge in [-0.3, -0.25) is 0 Å². The van der Waals surface area contributed by atoms with Gasteiger partial charge in [0.2, 0.25) is 5.79 Å². The van der Waals surface area contributed by atoms with Gasteiger partial charge in [0.1, 0.15) is 5.75 Å². The molecule has 0 bridgehead atoms. The normalized spacial score (nSPS) is 25.3. The highest BCUT2D eigenvalue weighted by Gasteiger charge is 2.38. The molecule has 4 heteroatoms. The second kappa shape index (κ2) is 6.05. The Morgan fingerprint density at radius 2 is 1.81 bits per heavy atom. The van der Waals surface area contributed by atoms with E-state index in [9.17, 15) is 0 Å². The molecule has 1 aromatic rings. The Morgan fingerprint density at radius 1 is 1.00 bits per heavy atom. The van der Waals surface area contributed by atoms with Gasteiger partial charge in [-0.05, 0) is 48.5 Å². The maximum Gasteiger partial charge on any atom is 0.210 e. The van der Waals surface area contributed by atoms with E-state index in [4.69, 9.17) is 9.47 Å². The minimum Gasteiger partial charge on any atom is -0.462 e. The summed E-state index contributed by atoms with van der Waals surface area (Å²) in [6.45, 7) is 0.714. The average Bonchev–Trinajstić information content (AvgIpc) is 2.56. The summed E-state index contributed by atoms with van der Waals surface area (Å²) in [6, 6.07) is 6.75. The number of hydrogen-bond acceptors (Lipinski definition) is 4. The zero-order chi connectivity index (χ0) is 14.1. The first-order valence-corrected chi connectivity index (χ1v) is 10.1. The van der Waals surface area contributed by atoms with Crippen LogP contribution in [0, 0.1) is 0 Å². The van der Waals surface area contributed by atoms with Crippen LogP contribution < -0.4 is 4.74 Å². The van der Waals surface area contributed by atoms with Crippen molar-refractivity contribution in [2.75, 3.05) is 11.5 Å². The van der Waals surface area contributed by atoms with Gasteiger partial charge < -0.3 is 9.47 Å². The van der Waals surface area contributed by atoms with Gasteiger partial charge in [-0.2, -0.15) is 0 Å². The van der Waals surface area contributed by atoms with Crippen LogP contribution in [0.5, 0.6) is 5.75 Å². The molecule has 1 saturated heterocycles. The smallest absolute Gasteiger partial charge is 0.210 e. The van der Waals surface area contributed by atoms with E-state index in [2.05, 4.69) is 41.7 Å². The average molecular weight is 322 g/mol. The van der Waals surface area contributed by atoms with Gasteiger partial charge in [-0.25, -0.2) is 0 Å². The standard InChI is InChI=1S/C17H22O2S2/c1-2-7-17(8-3-1)18-12-14-11-13(5-6-15(14)19-17)16-20-9-4-10-21-16/h5-6,11,16H,1-4,7-10,12H2. The fourth-order valence-electron chi connectivity index (χ4n) is 3.41. The highest BCUT2D eigenvalue weighted by molar-refractivity contribution is 8.16. The molecule has 0 atom stereocenters. The predicted octanol–water partition coefficient (Wildman–Crippen LogP) is 5.12. The molecule has 2 heterocycles. The first kappa shape index (κ1) is 14.3. The molecule has 4 rings (SSSR count). The van der Waals surface area contributed by atoms with Gasteiger partial charge in [0.15, 0.2) is 0 Å². The molecule has 0 N–H and O–H groups in total. The van der Waals surface area contributed by atoms with Crippen LogP contribution in [0.4, 0.5) is 0 Å². The highest BCUT2D eigenvalue weighted by Crippen LogP contribution is 2.46. The van der Waals surface area contributed by atoms with Crippen molar-refractivity contribution in [3.05, 3.63) is 29.3 Å². The van der Waals surface area contributed by atoms with E-state index in [1.54, 1.807) is 0 Å². The van der Waals surface area contributed by atoms with E-state index in [0.717, 1.165) is 18.6 Å². The third kappa shape index (κ3) is 2.95. The molecule has 2 aliphatic heterocycles. The predicted molar refractivity (Wildman–Crippen MR) is 89.9 cm³/mol. The van der Waals surface area contributed by atoms with E-state index >= 15 is 0 Å². The monoisotopic (exact) mass is 322 g/mol. The van der Waals surface area contributed by atoms with Crippen LogP contribution >= 0.6 is 23.5 Å². The first-order chi connectivity index (χ1) is 10.3. The van der Waals surface area contributed by atoms with Crippen LogP contribution in [0.25, 0.3) is 0 Å². The molecule has 2 fully saturated rings. The quantitative estimate of drug-likeness (QED) is 0.713.